The summed E-state index contributed by atoms with van der Waals surface area (Å²) in [6, 6.07) is 16.8. The number of aryl methyl sites for hydroxylation is 1. The molecule has 1 unspecified atom stereocenters. The first-order chi connectivity index (χ1) is 14.6. The normalized spacial score (nSPS) is 17.7. The second kappa shape index (κ2) is 9.63. The lowest BCUT2D eigenvalue weighted by atomic mass is 9.97. The molecule has 1 aliphatic heterocycles. The average molecular weight is 407 g/mol. The summed E-state index contributed by atoms with van der Waals surface area (Å²) in [4.78, 5) is 9.91. The van der Waals surface area contributed by atoms with Gasteiger partial charge in [0, 0.05) is 26.7 Å². The van der Waals surface area contributed by atoms with Crippen LogP contribution in [0.3, 0.4) is 0 Å². The van der Waals surface area contributed by atoms with Gasteiger partial charge in [-0.05, 0) is 62.5 Å². The van der Waals surface area contributed by atoms with Crippen molar-refractivity contribution in [3.63, 3.8) is 0 Å². The SMILES string of the molecule is COc1ccccc1CCN1CCCC(CN(C)Cc2nc3ccccc3n2C)C1. The lowest BCUT2D eigenvalue weighted by Crippen LogP contribution is -2.41. The summed E-state index contributed by atoms with van der Waals surface area (Å²) < 4.78 is 7.74. The number of para-hydroxylation sites is 3. The van der Waals surface area contributed by atoms with Gasteiger partial charge in [-0.1, -0.05) is 30.3 Å². The Balaban J connectivity index is 1.30. The van der Waals surface area contributed by atoms with Crippen molar-refractivity contribution in [3.8, 4) is 5.75 Å². The van der Waals surface area contributed by atoms with Crippen LogP contribution in [0, 0.1) is 5.92 Å². The lowest BCUT2D eigenvalue weighted by molar-refractivity contribution is 0.141. The fourth-order valence-electron chi connectivity index (χ4n) is 4.78. The number of benzene rings is 2. The van der Waals surface area contributed by atoms with Crippen LogP contribution in [0.15, 0.2) is 48.5 Å². The Bertz CT molecular complexity index is 967. The number of rotatable bonds is 8. The van der Waals surface area contributed by atoms with Crippen molar-refractivity contribution in [3.05, 3.63) is 59.9 Å². The Labute approximate surface area is 180 Å². The van der Waals surface area contributed by atoms with Crippen molar-refractivity contribution in [2.24, 2.45) is 13.0 Å². The van der Waals surface area contributed by atoms with Gasteiger partial charge in [-0.2, -0.15) is 0 Å². The van der Waals surface area contributed by atoms with E-state index in [-0.39, 0.29) is 0 Å². The van der Waals surface area contributed by atoms with Crippen LogP contribution in [0.2, 0.25) is 0 Å². The summed E-state index contributed by atoms with van der Waals surface area (Å²) in [5.74, 6) is 2.87. The Kier molecular flexibility index (Phi) is 6.70. The molecule has 0 bridgehead atoms. The summed E-state index contributed by atoms with van der Waals surface area (Å²) >= 11 is 0. The third-order valence-electron chi connectivity index (χ3n) is 6.35. The molecule has 5 nitrogen and oxygen atoms in total. The quantitative estimate of drug-likeness (QED) is 0.567. The van der Waals surface area contributed by atoms with E-state index in [4.69, 9.17) is 9.72 Å². The van der Waals surface area contributed by atoms with E-state index >= 15 is 0 Å². The van der Waals surface area contributed by atoms with E-state index in [1.54, 1.807) is 7.11 Å². The van der Waals surface area contributed by atoms with Gasteiger partial charge in [0.05, 0.1) is 24.7 Å². The predicted molar refractivity (Wildman–Crippen MR) is 123 cm³/mol. The largest absolute Gasteiger partial charge is 0.496 e. The standard InChI is InChI=1S/C25H34N4O/c1-27(19-25-26-22-11-5-6-12-23(22)28(25)2)17-20-9-8-15-29(18-20)16-14-21-10-4-7-13-24(21)30-3/h4-7,10-13,20H,8-9,14-19H2,1-3H3. The molecule has 0 spiro atoms. The van der Waals surface area contributed by atoms with Gasteiger partial charge in [0.1, 0.15) is 11.6 Å². The highest BCUT2D eigenvalue weighted by molar-refractivity contribution is 5.75. The number of piperidine rings is 1. The number of fused-ring (bicyclic) bond motifs is 1. The first-order valence-corrected chi connectivity index (χ1v) is 11.1. The smallest absolute Gasteiger partial charge is 0.123 e. The number of aromatic nitrogens is 2. The average Bonchev–Trinajstić information content (AvgIpc) is 3.08. The number of methoxy groups -OCH3 is 1. The van der Waals surface area contributed by atoms with Crippen LogP contribution in [-0.4, -0.2) is 59.7 Å². The predicted octanol–water partition coefficient (Wildman–Crippen LogP) is 3.97. The van der Waals surface area contributed by atoms with E-state index in [1.165, 1.54) is 37.0 Å². The van der Waals surface area contributed by atoms with Gasteiger partial charge in [-0.15, -0.1) is 0 Å². The summed E-state index contributed by atoms with van der Waals surface area (Å²) in [7, 11) is 6.11. The van der Waals surface area contributed by atoms with Crippen LogP contribution >= 0.6 is 0 Å². The van der Waals surface area contributed by atoms with E-state index < -0.39 is 0 Å². The third-order valence-corrected chi connectivity index (χ3v) is 6.35. The molecule has 1 fully saturated rings. The Morgan fingerprint density at radius 3 is 2.77 bits per heavy atom. The van der Waals surface area contributed by atoms with E-state index in [9.17, 15) is 0 Å². The van der Waals surface area contributed by atoms with Crippen molar-refractivity contribution in [2.45, 2.75) is 25.8 Å². The summed E-state index contributed by atoms with van der Waals surface area (Å²) in [5.41, 5.74) is 3.60. The number of nitrogens with zero attached hydrogens (tertiary/aromatic N) is 4. The minimum atomic E-state index is 0.719. The molecule has 1 atom stereocenters. The second-order valence-electron chi connectivity index (χ2n) is 8.64. The van der Waals surface area contributed by atoms with Gasteiger partial charge in [0.2, 0.25) is 0 Å². The number of hydrogen-bond acceptors (Lipinski definition) is 4. The van der Waals surface area contributed by atoms with Gasteiger partial charge in [0.25, 0.3) is 0 Å². The molecule has 0 amide bonds. The maximum atomic E-state index is 5.51. The zero-order chi connectivity index (χ0) is 20.9. The molecule has 0 saturated carbocycles. The molecule has 30 heavy (non-hydrogen) atoms. The van der Waals surface area contributed by atoms with Gasteiger partial charge >= 0.3 is 0 Å². The van der Waals surface area contributed by atoms with Crippen molar-refractivity contribution in [2.75, 3.05) is 40.3 Å². The zero-order valence-corrected chi connectivity index (χ0v) is 18.6. The Morgan fingerprint density at radius 2 is 1.93 bits per heavy atom. The van der Waals surface area contributed by atoms with E-state index in [1.807, 2.05) is 6.07 Å². The number of hydrogen-bond donors (Lipinski definition) is 0. The van der Waals surface area contributed by atoms with E-state index in [0.717, 1.165) is 49.1 Å². The topological polar surface area (TPSA) is 33.5 Å². The first kappa shape index (κ1) is 20.9. The van der Waals surface area contributed by atoms with E-state index in [0.29, 0.717) is 0 Å². The molecule has 1 aromatic heterocycles. The van der Waals surface area contributed by atoms with Gasteiger partial charge < -0.3 is 14.2 Å². The highest BCUT2D eigenvalue weighted by Crippen LogP contribution is 2.22. The summed E-state index contributed by atoms with van der Waals surface area (Å²) in [5, 5.41) is 0. The maximum absolute atomic E-state index is 5.51. The molecule has 4 rings (SSSR count). The Hall–Kier alpha value is -2.37. The monoisotopic (exact) mass is 406 g/mol. The summed E-state index contributed by atoms with van der Waals surface area (Å²) in [6.07, 6.45) is 3.65. The molecule has 2 heterocycles. The van der Waals surface area contributed by atoms with Crippen LogP contribution in [0.1, 0.15) is 24.2 Å². The van der Waals surface area contributed by atoms with Crippen molar-refractivity contribution in [1.82, 2.24) is 19.4 Å². The van der Waals surface area contributed by atoms with Crippen LogP contribution in [0.25, 0.3) is 11.0 Å². The zero-order valence-electron chi connectivity index (χ0n) is 18.6. The van der Waals surface area contributed by atoms with Crippen LogP contribution in [0.4, 0.5) is 0 Å². The van der Waals surface area contributed by atoms with Gasteiger partial charge in [-0.25, -0.2) is 4.98 Å². The van der Waals surface area contributed by atoms with E-state index in [2.05, 4.69) is 70.9 Å². The Morgan fingerprint density at radius 1 is 1.13 bits per heavy atom. The van der Waals surface area contributed by atoms with Gasteiger partial charge in [0.15, 0.2) is 0 Å². The van der Waals surface area contributed by atoms with Gasteiger partial charge in [-0.3, -0.25) is 4.90 Å². The highest BCUT2D eigenvalue weighted by Gasteiger charge is 2.22. The molecule has 160 valence electrons. The molecule has 1 aliphatic rings. The third kappa shape index (κ3) is 4.85. The molecule has 2 aromatic carbocycles. The fraction of sp³-hybridized carbons (Fsp3) is 0.480. The molecule has 0 aliphatic carbocycles. The van der Waals surface area contributed by atoms with Crippen LogP contribution < -0.4 is 4.74 Å². The number of likely N-dealkylation sites (tertiary alicyclic amines) is 1. The minimum absolute atomic E-state index is 0.719. The molecule has 0 radical (unpaired) electrons. The second-order valence-corrected chi connectivity index (χ2v) is 8.64. The van der Waals surface area contributed by atoms with Crippen molar-refractivity contribution < 1.29 is 4.74 Å². The molecular weight excluding hydrogens is 372 g/mol. The molecular formula is C25H34N4O. The number of imidazole rings is 1. The maximum Gasteiger partial charge on any atom is 0.123 e. The number of ether oxygens (including phenoxy) is 1. The fourth-order valence-corrected chi connectivity index (χ4v) is 4.78. The molecule has 1 saturated heterocycles. The van der Waals surface area contributed by atoms with Crippen LogP contribution in [0.5, 0.6) is 5.75 Å². The summed E-state index contributed by atoms with van der Waals surface area (Å²) in [6.45, 7) is 5.50. The van der Waals surface area contributed by atoms with Crippen molar-refractivity contribution >= 4 is 11.0 Å². The molecule has 5 heteroatoms. The van der Waals surface area contributed by atoms with Crippen molar-refractivity contribution in [1.29, 1.82) is 0 Å². The lowest BCUT2D eigenvalue weighted by Gasteiger charge is -2.34. The first-order valence-electron chi connectivity index (χ1n) is 11.1. The molecule has 0 N–H and O–H groups in total. The minimum Gasteiger partial charge on any atom is -0.496 e. The van der Waals surface area contributed by atoms with Crippen LogP contribution in [-0.2, 0) is 20.0 Å². The molecule has 3 aromatic rings. The highest BCUT2D eigenvalue weighted by atomic mass is 16.5.